The predicted molar refractivity (Wildman–Crippen MR) is 88.4 cm³/mol. The Morgan fingerprint density at radius 3 is 2.65 bits per heavy atom. The number of nitrogens with zero attached hydrogens (tertiary/aromatic N) is 3. The zero-order valence-corrected chi connectivity index (χ0v) is 13.7. The van der Waals surface area contributed by atoms with Gasteiger partial charge in [-0.05, 0) is 49.4 Å². The van der Waals surface area contributed by atoms with Crippen LogP contribution in [0.25, 0.3) is 0 Å². The van der Waals surface area contributed by atoms with Crippen molar-refractivity contribution in [1.82, 2.24) is 14.7 Å². The Morgan fingerprint density at radius 1 is 1.17 bits per heavy atom. The maximum atomic E-state index is 12.8. The molecule has 0 aliphatic carbocycles. The molecule has 5 nitrogen and oxygen atoms in total. The van der Waals surface area contributed by atoms with Crippen LogP contribution >= 0.6 is 0 Å². The third-order valence-electron chi connectivity index (χ3n) is 4.61. The Bertz CT molecular complexity index is 810. The van der Waals surface area contributed by atoms with Gasteiger partial charge in [-0.3, -0.25) is 9.59 Å². The van der Waals surface area contributed by atoms with Gasteiger partial charge in [-0.2, -0.15) is 5.10 Å². The van der Waals surface area contributed by atoms with E-state index in [1.54, 1.807) is 7.05 Å². The van der Waals surface area contributed by atoms with E-state index in [1.807, 2.05) is 4.90 Å². The molecule has 1 aromatic carbocycles. The molecule has 0 saturated carbocycles. The molecule has 5 heteroatoms. The fourth-order valence-corrected chi connectivity index (χ4v) is 3.09. The van der Waals surface area contributed by atoms with E-state index in [4.69, 9.17) is 0 Å². The first-order valence-electron chi connectivity index (χ1n) is 7.90. The van der Waals surface area contributed by atoms with Gasteiger partial charge in [0.15, 0.2) is 0 Å². The van der Waals surface area contributed by atoms with Gasteiger partial charge in [0, 0.05) is 19.7 Å². The summed E-state index contributed by atoms with van der Waals surface area (Å²) in [6.45, 7) is 4.90. The van der Waals surface area contributed by atoms with Gasteiger partial charge in [0.25, 0.3) is 11.5 Å². The van der Waals surface area contributed by atoms with Gasteiger partial charge < -0.3 is 4.90 Å². The first kappa shape index (κ1) is 15.5. The lowest BCUT2D eigenvalue weighted by Crippen LogP contribution is -2.33. The quantitative estimate of drug-likeness (QED) is 0.855. The number of carbonyl (C=O) groups excluding carboxylic acids is 1. The number of benzene rings is 1. The summed E-state index contributed by atoms with van der Waals surface area (Å²) in [6.07, 6.45) is 1.94. The number of hydrogen-bond acceptors (Lipinski definition) is 3. The van der Waals surface area contributed by atoms with Crippen molar-refractivity contribution in [1.29, 1.82) is 0 Å². The van der Waals surface area contributed by atoms with Crippen LogP contribution in [0.4, 0.5) is 0 Å². The van der Waals surface area contributed by atoms with E-state index in [0.717, 1.165) is 19.4 Å². The van der Waals surface area contributed by atoms with Crippen LogP contribution in [0.15, 0.2) is 35.1 Å². The lowest BCUT2D eigenvalue weighted by molar-refractivity contribution is 0.0727. The zero-order chi connectivity index (χ0) is 16.6. The van der Waals surface area contributed by atoms with Gasteiger partial charge in [0.05, 0.1) is 6.04 Å². The van der Waals surface area contributed by atoms with Crippen LogP contribution < -0.4 is 5.56 Å². The van der Waals surface area contributed by atoms with Crippen molar-refractivity contribution in [2.45, 2.75) is 32.7 Å². The summed E-state index contributed by atoms with van der Waals surface area (Å²) in [5, 5.41) is 4.09. The molecule has 1 fully saturated rings. The lowest BCUT2D eigenvalue weighted by Gasteiger charge is -2.25. The van der Waals surface area contributed by atoms with Crippen LogP contribution in [0.5, 0.6) is 0 Å². The van der Waals surface area contributed by atoms with Crippen molar-refractivity contribution in [3.63, 3.8) is 0 Å². The summed E-state index contributed by atoms with van der Waals surface area (Å²) in [5.41, 5.74) is 3.77. The Hall–Kier alpha value is -2.43. The smallest absolute Gasteiger partial charge is 0.274 e. The number of rotatable bonds is 2. The van der Waals surface area contributed by atoms with Gasteiger partial charge in [-0.15, -0.1) is 0 Å². The maximum Gasteiger partial charge on any atom is 0.274 e. The zero-order valence-electron chi connectivity index (χ0n) is 13.7. The SMILES string of the molecule is Cc1ccc(C2CCCN2C(=O)c2ccc(=O)n(C)n2)cc1C. The van der Waals surface area contributed by atoms with E-state index < -0.39 is 0 Å². The van der Waals surface area contributed by atoms with Gasteiger partial charge in [0.1, 0.15) is 5.69 Å². The van der Waals surface area contributed by atoms with Crippen LogP contribution in [0.1, 0.15) is 46.1 Å². The fraction of sp³-hybridized carbons (Fsp3) is 0.389. The summed E-state index contributed by atoms with van der Waals surface area (Å²) < 4.78 is 1.20. The second-order valence-electron chi connectivity index (χ2n) is 6.18. The number of likely N-dealkylation sites (tertiary alicyclic amines) is 1. The Labute approximate surface area is 135 Å². The molecule has 0 N–H and O–H groups in total. The third kappa shape index (κ3) is 2.91. The van der Waals surface area contributed by atoms with Crippen LogP contribution in [0, 0.1) is 13.8 Å². The number of aryl methyl sites for hydroxylation is 3. The highest BCUT2D eigenvalue weighted by atomic mass is 16.2. The molecule has 2 aromatic rings. The van der Waals surface area contributed by atoms with E-state index in [-0.39, 0.29) is 17.5 Å². The first-order chi connectivity index (χ1) is 11.0. The summed E-state index contributed by atoms with van der Waals surface area (Å²) in [7, 11) is 1.56. The van der Waals surface area contributed by atoms with Crippen molar-refractivity contribution in [3.05, 3.63) is 63.1 Å². The maximum absolute atomic E-state index is 12.8. The highest BCUT2D eigenvalue weighted by molar-refractivity contribution is 5.92. The molecule has 1 aromatic heterocycles. The molecule has 23 heavy (non-hydrogen) atoms. The molecule has 3 rings (SSSR count). The van der Waals surface area contributed by atoms with Gasteiger partial charge in [-0.1, -0.05) is 18.2 Å². The summed E-state index contributed by atoms with van der Waals surface area (Å²) in [5.74, 6) is -0.110. The molecular weight excluding hydrogens is 290 g/mol. The van der Waals surface area contributed by atoms with E-state index >= 15 is 0 Å². The van der Waals surface area contributed by atoms with Crippen molar-refractivity contribution in [2.24, 2.45) is 7.05 Å². The highest BCUT2D eigenvalue weighted by Crippen LogP contribution is 2.33. The summed E-state index contributed by atoms with van der Waals surface area (Å²) >= 11 is 0. The van der Waals surface area contributed by atoms with Gasteiger partial charge in [-0.25, -0.2) is 4.68 Å². The molecule has 120 valence electrons. The molecule has 1 unspecified atom stereocenters. The van der Waals surface area contributed by atoms with Crippen molar-refractivity contribution >= 4 is 5.91 Å². The normalized spacial score (nSPS) is 17.5. The highest BCUT2D eigenvalue weighted by Gasteiger charge is 2.31. The second-order valence-corrected chi connectivity index (χ2v) is 6.18. The molecule has 1 amide bonds. The fourth-order valence-electron chi connectivity index (χ4n) is 3.09. The monoisotopic (exact) mass is 311 g/mol. The minimum atomic E-state index is -0.214. The number of aromatic nitrogens is 2. The largest absolute Gasteiger partial charge is 0.330 e. The minimum absolute atomic E-state index is 0.0841. The van der Waals surface area contributed by atoms with E-state index in [2.05, 4.69) is 37.1 Å². The minimum Gasteiger partial charge on any atom is -0.330 e. The molecule has 0 spiro atoms. The molecule has 1 aliphatic heterocycles. The Morgan fingerprint density at radius 2 is 1.96 bits per heavy atom. The average molecular weight is 311 g/mol. The molecule has 1 atom stereocenters. The van der Waals surface area contributed by atoms with E-state index in [0.29, 0.717) is 5.69 Å². The van der Waals surface area contributed by atoms with Crippen molar-refractivity contribution in [2.75, 3.05) is 6.54 Å². The number of amides is 1. The van der Waals surface area contributed by atoms with Crippen LogP contribution in [-0.2, 0) is 7.05 Å². The molecular formula is C18H21N3O2. The lowest BCUT2D eigenvalue weighted by atomic mass is 9.99. The topological polar surface area (TPSA) is 55.2 Å². The molecule has 1 saturated heterocycles. The molecule has 0 radical (unpaired) electrons. The average Bonchev–Trinajstić information content (AvgIpc) is 3.01. The number of carbonyl (C=O) groups is 1. The first-order valence-corrected chi connectivity index (χ1v) is 7.90. The second kappa shape index (κ2) is 5.99. The summed E-state index contributed by atoms with van der Waals surface area (Å²) in [6, 6.07) is 9.37. The van der Waals surface area contributed by atoms with E-state index in [9.17, 15) is 9.59 Å². The van der Waals surface area contributed by atoms with Crippen LogP contribution in [0.2, 0.25) is 0 Å². The van der Waals surface area contributed by atoms with Gasteiger partial charge >= 0.3 is 0 Å². The van der Waals surface area contributed by atoms with Gasteiger partial charge in [0.2, 0.25) is 0 Å². The van der Waals surface area contributed by atoms with Crippen LogP contribution in [0.3, 0.4) is 0 Å². The van der Waals surface area contributed by atoms with Crippen molar-refractivity contribution < 1.29 is 4.79 Å². The summed E-state index contributed by atoms with van der Waals surface area (Å²) in [4.78, 5) is 26.1. The third-order valence-corrected chi connectivity index (χ3v) is 4.61. The molecule has 2 heterocycles. The number of hydrogen-bond donors (Lipinski definition) is 0. The van der Waals surface area contributed by atoms with Crippen LogP contribution in [-0.4, -0.2) is 27.1 Å². The predicted octanol–water partition coefficient (Wildman–Crippen LogP) is 2.37. The van der Waals surface area contributed by atoms with Crippen molar-refractivity contribution in [3.8, 4) is 0 Å². The molecule has 1 aliphatic rings. The Kier molecular flexibility index (Phi) is 4.03. The Balaban J connectivity index is 1.91. The molecule has 0 bridgehead atoms. The van der Waals surface area contributed by atoms with E-state index in [1.165, 1.54) is 33.5 Å². The standard InChI is InChI=1S/C18H21N3O2/c1-12-6-7-14(11-13(12)2)16-5-4-10-21(16)18(23)15-8-9-17(22)20(3)19-15/h6-9,11,16H,4-5,10H2,1-3H3.